The Balaban J connectivity index is 1.000. The highest BCUT2D eigenvalue weighted by molar-refractivity contribution is 8.01. The van der Waals surface area contributed by atoms with Crippen molar-refractivity contribution in [2.45, 2.75) is 29.0 Å². The molecule has 5 atom stereocenters. The monoisotopic (exact) mass is 462 g/mol. The fourth-order valence-corrected chi connectivity index (χ4v) is 6.35. The van der Waals surface area contributed by atoms with Gasteiger partial charge in [0.05, 0.1) is 24.9 Å². The standard InChI is InChI=1S/C25H26N4O3S/c1-31-23-7-6-19-24(29-23)20(8-9-26-19)32-13-17-15-10-14(11-16(15)17)27-12-22-25(30)28-18-4-2-3-5-21(18)33-22/h2-9,14-17,22,27H,10-13H2,1H3,(H,28,30)/t14?,15-,16?,17?,22?/m0/s1. The second-order valence-corrected chi connectivity index (χ2v) is 10.2. The van der Waals surface area contributed by atoms with Crippen LogP contribution in [0.2, 0.25) is 0 Å². The third-order valence-electron chi connectivity index (χ3n) is 7.08. The number of rotatable bonds is 7. The Hall–Kier alpha value is -2.84. The number of anilines is 1. The molecule has 2 fully saturated rings. The number of amides is 1. The van der Waals surface area contributed by atoms with Crippen LogP contribution in [0.15, 0.2) is 53.6 Å². The average Bonchev–Trinajstić information content (AvgIpc) is 3.30. The predicted octanol–water partition coefficient (Wildman–Crippen LogP) is 3.74. The largest absolute Gasteiger partial charge is 0.491 e. The molecule has 1 amide bonds. The van der Waals surface area contributed by atoms with Crippen LogP contribution in [-0.2, 0) is 4.79 Å². The lowest BCUT2D eigenvalue weighted by atomic mass is 10.1. The number of thioether (sulfide) groups is 1. The summed E-state index contributed by atoms with van der Waals surface area (Å²) in [6.07, 6.45) is 4.06. The van der Waals surface area contributed by atoms with E-state index in [0.29, 0.717) is 42.8 Å². The van der Waals surface area contributed by atoms with Gasteiger partial charge in [-0.15, -0.1) is 11.8 Å². The van der Waals surface area contributed by atoms with Gasteiger partial charge in [-0.25, -0.2) is 4.98 Å². The predicted molar refractivity (Wildman–Crippen MR) is 128 cm³/mol. The highest BCUT2D eigenvalue weighted by atomic mass is 32.2. The second-order valence-electron chi connectivity index (χ2n) is 9.00. The lowest BCUT2D eigenvalue weighted by molar-refractivity contribution is -0.115. The Morgan fingerprint density at radius 1 is 1.15 bits per heavy atom. The van der Waals surface area contributed by atoms with Crippen LogP contribution < -0.4 is 20.1 Å². The molecule has 0 spiro atoms. The molecule has 33 heavy (non-hydrogen) atoms. The Labute approximate surface area is 196 Å². The minimum Gasteiger partial charge on any atom is -0.491 e. The van der Waals surface area contributed by atoms with Gasteiger partial charge in [-0.05, 0) is 48.8 Å². The number of hydrogen-bond donors (Lipinski definition) is 2. The number of ether oxygens (including phenoxy) is 2. The lowest BCUT2D eigenvalue weighted by Crippen LogP contribution is -2.41. The van der Waals surface area contributed by atoms with Crippen LogP contribution in [0.5, 0.6) is 11.6 Å². The van der Waals surface area contributed by atoms with E-state index in [0.717, 1.165) is 40.2 Å². The van der Waals surface area contributed by atoms with Crippen molar-refractivity contribution in [2.24, 2.45) is 17.8 Å². The number of methoxy groups -OCH3 is 1. The summed E-state index contributed by atoms with van der Waals surface area (Å²) >= 11 is 1.66. The summed E-state index contributed by atoms with van der Waals surface area (Å²) in [4.78, 5) is 22.5. The van der Waals surface area contributed by atoms with Crippen molar-refractivity contribution in [3.8, 4) is 11.6 Å². The van der Waals surface area contributed by atoms with E-state index in [-0.39, 0.29) is 11.2 Å². The van der Waals surface area contributed by atoms with Crippen molar-refractivity contribution < 1.29 is 14.3 Å². The van der Waals surface area contributed by atoms with Gasteiger partial charge in [-0.2, -0.15) is 0 Å². The maximum atomic E-state index is 12.4. The molecule has 8 heteroatoms. The summed E-state index contributed by atoms with van der Waals surface area (Å²) in [5, 5.41) is 6.60. The number of nitrogens with one attached hydrogen (secondary N) is 2. The van der Waals surface area contributed by atoms with E-state index in [1.54, 1.807) is 25.1 Å². The molecule has 0 radical (unpaired) electrons. The van der Waals surface area contributed by atoms with Crippen molar-refractivity contribution in [2.75, 3.05) is 25.6 Å². The van der Waals surface area contributed by atoms with Gasteiger partial charge in [0.2, 0.25) is 11.8 Å². The van der Waals surface area contributed by atoms with Crippen LogP contribution in [0.3, 0.4) is 0 Å². The van der Waals surface area contributed by atoms with Crippen LogP contribution in [-0.4, -0.2) is 47.4 Å². The zero-order valence-electron chi connectivity index (χ0n) is 18.4. The lowest BCUT2D eigenvalue weighted by Gasteiger charge is -2.26. The normalized spacial score (nSPS) is 27.5. The molecule has 7 nitrogen and oxygen atoms in total. The second kappa shape index (κ2) is 8.50. The van der Waals surface area contributed by atoms with Crippen molar-refractivity contribution in [3.63, 3.8) is 0 Å². The summed E-state index contributed by atoms with van der Waals surface area (Å²) in [5.41, 5.74) is 2.47. The maximum absolute atomic E-state index is 12.4. The van der Waals surface area contributed by atoms with E-state index < -0.39 is 0 Å². The molecular formula is C25H26N4O3S. The molecule has 2 aliphatic carbocycles. The number of pyridine rings is 2. The molecule has 1 aliphatic heterocycles. The van der Waals surface area contributed by atoms with Gasteiger partial charge < -0.3 is 20.1 Å². The van der Waals surface area contributed by atoms with Gasteiger partial charge in [0, 0.05) is 35.8 Å². The summed E-state index contributed by atoms with van der Waals surface area (Å²) in [6, 6.07) is 14.1. The molecule has 2 aromatic heterocycles. The zero-order valence-corrected chi connectivity index (χ0v) is 19.2. The molecule has 3 aliphatic rings. The Kier molecular flexibility index (Phi) is 5.34. The van der Waals surface area contributed by atoms with Gasteiger partial charge in [-0.3, -0.25) is 9.78 Å². The molecule has 2 N–H and O–H groups in total. The number of aromatic nitrogens is 2. The molecule has 2 saturated carbocycles. The fourth-order valence-electron chi connectivity index (χ4n) is 5.29. The zero-order chi connectivity index (χ0) is 22.4. The van der Waals surface area contributed by atoms with Crippen LogP contribution in [0, 0.1) is 17.8 Å². The van der Waals surface area contributed by atoms with E-state index in [9.17, 15) is 4.79 Å². The fraction of sp³-hybridized carbons (Fsp3) is 0.400. The number of nitrogens with zero attached hydrogens (tertiary/aromatic N) is 2. The van der Waals surface area contributed by atoms with Gasteiger partial charge in [0.25, 0.3) is 0 Å². The van der Waals surface area contributed by atoms with Gasteiger partial charge >= 0.3 is 0 Å². The van der Waals surface area contributed by atoms with Crippen LogP contribution in [0.1, 0.15) is 12.8 Å². The van der Waals surface area contributed by atoms with Crippen LogP contribution in [0.25, 0.3) is 11.0 Å². The first-order valence-electron chi connectivity index (χ1n) is 11.4. The molecule has 3 aromatic rings. The number of carbonyl (C=O) groups excluding carboxylic acids is 1. The van der Waals surface area contributed by atoms with Crippen molar-refractivity contribution >= 4 is 34.4 Å². The Morgan fingerprint density at radius 3 is 2.85 bits per heavy atom. The minimum atomic E-state index is -0.0829. The van der Waals surface area contributed by atoms with E-state index in [2.05, 4.69) is 26.7 Å². The van der Waals surface area contributed by atoms with Crippen molar-refractivity contribution in [1.82, 2.24) is 15.3 Å². The Morgan fingerprint density at radius 2 is 2.00 bits per heavy atom. The Bertz CT molecular complexity index is 1190. The maximum Gasteiger partial charge on any atom is 0.239 e. The number of benzene rings is 1. The summed E-state index contributed by atoms with van der Waals surface area (Å²) < 4.78 is 11.4. The summed E-state index contributed by atoms with van der Waals surface area (Å²) in [6.45, 7) is 1.41. The third kappa shape index (κ3) is 4.02. The van der Waals surface area contributed by atoms with Gasteiger partial charge in [0.1, 0.15) is 16.5 Å². The first-order valence-corrected chi connectivity index (χ1v) is 12.3. The van der Waals surface area contributed by atoms with Crippen molar-refractivity contribution in [1.29, 1.82) is 0 Å². The number of carbonyl (C=O) groups is 1. The average molecular weight is 463 g/mol. The molecule has 0 bridgehead atoms. The molecule has 1 aromatic carbocycles. The third-order valence-corrected chi connectivity index (χ3v) is 8.36. The van der Waals surface area contributed by atoms with Gasteiger partial charge in [-0.1, -0.05) is 12.1 Å². The highest BCUT2D eigenvalue weighted by Gasteiger charge is 2.56. The highest BCUT2D eigenvalue weighted by Crippen LogP contribution is 2.57. The van der Waals surface area contributed by atoms with E-state index in [4.69, 9.17) is 9.47 Å². The van der Waals surface area contributed by atoms with E-state index in [1.807, 2.05) is 36.4 Å². The smallest absolute Gasteiger partial charge is 0.239 e. The van der Waals surface area contributed by atoms with Gasteiger partial charge in [0.15, 0.2) is 0 Å². The molecule has 6 rings (SSSR count). The first kappa shape index (κ1) is 20.7. The molecule has 4 unspecified atom stereocenters. The number of fused-ring (bicyclic) bond motifs is 3. The van der Waals surface area contributed by atoms with E-state index >= 15 is 0 Å². The molecule has 0 saturated heterocycles. The summed E-state index contributed by atoms with van der Waals surface area (Å²) in [5.74, 6) is 3.41. The summed E-state index contributed by atoms with van der Waals surface area (Å²) in [7, 11) is 1.61. The molecule has 3 heterocycles. The SMILES string of the molecule is COc1ccc2nccc(OCC3C4CC(NCC5Sc6ccccc6NC5=O)C[C@H]34)c2n1. The number of para-hydroxylation sites is 1. The first-order chi connectivity index (χ1) is 16.2. The van der Waals surface area contributed by atoms with Crippen LogP contribution in [0.4, 0.5) is 5.69 Å². The van der Waals surface area contributed by atoms with E-state index in [1.165, 1.54) is 0 Å². The van der Waals surface area contributed by atoms with Crippen LogP contribution >= 0.6 is 11.8 Å². The number of hydrogen-bond acceptors (Lipinski definition) is 7. The van der Waals surface area contributed by atoms with Crippen molar-refractivity contribution in [3.05, 3.63) is 48.7 Å². The quantitative estimate of drug-likeness (QED) is 0.553. The molecular weight excluding hydrogens is 436 g/mol. The molecule has 170 valence electrons. The minimum absolute atomic E-state index is 0.0829. The topological polar surface area (TPSA) is 85.4 Å².